The van der Waals surface area contributed by atoms with Gasteiger partial charge in [0, 0.05) is 18.5 Å². The van der Waals surface area contributed by atoms with E-state index >= 15 is 0 Å². The van der Waals surface area contributed by atoms with Crippen molar-refractivity contribution in [2.24, 2.45) is 0 Å². The van der Waals surface area contributed by atoms with Crippen molar-refractivity contribution in [3.05, 3.63) is 53.8 Å². The van der Waals surface area contributed by atoms with Crippen LogP contribution in [-0.4, -0.2) is 23.8 Å². The summed E-state index contributed by atoms with van der Waals surface area (Å²) in [7, 11) is 0. The lowest BCUT2D eigenvalue weighted by atomic mass is 10.0. The van der Waals surface area contributed by atoms with Crippen LogP contribution in [0.5, 0.6) is 11.5 Å². The van der Waals surface area contributed by atoms with Gasteiger partial charge in [0.2, 0.25) is 0 Å². The van der Waals surface area contributed by atoms with Crippen LogP contribution in [-0.2, 0) is 6.42 Å². The zero-order valence-electron chi connectivity index (χ0n) is 12.8. The van der Waals surface area contributed by atoms with Crippen molar-refractivity contribution >= 4 is 5.69 Å². The van der Waals surface area contributed by atoms with Gasteiger partial charge in [-0.1, -0.05) is 18.2 Å². The van der Waals surface area contributed by atoms with E-state index in [1.165, 1.54) is 6.07 Å². The monoisotopic (exact) mass is 301 g/mol. The molecule has 0 saturated heterocycles. The number of anilines is 1. The van der Waals surface area contributed by atoms with Crippen molar-refractivity contribution in [1.29, 1.82) is 0 Å². The molecule has 0 saturated carbocycles. The van der Waals surface area contributed by atoms with Crippen LogP contribution in [0.2, 0.25) is 0 Å². The number of aromatic hydroxyl groups is 1. The van der Waals surface area contributed by atoms with Crippen LogP contribution in [0.15, 0.2) is 42.5 Å². The Kier molecular flexibility index (Phi) is 3.92. The second-order valence-electron chi connectivity index (χ2n) is 5.93. The van der Waals surface area contributed by atoms with Crippen molar-refractivity contribution in [1.82, 2.24) is 0 Å². The highest BCUT2D eigenvalue weighted by Crippen LogP contribution is 2.37. The molecule has 1 atom stereocenters. The minimum absolute atomic E-state index is 0.145. The van der Waals surface area contributed by atoms with Crippen LogP contribution in [0.25, 0.3) is 0 Å². The molecule has 0 spiro atoms. The first kappa shape index (κ1) is 14.7. The first-order chi connectivity index (χ1) is 10.5. The molecule has 2 aromatic carbocycles. The zero-order chi connectivity index (χ0) is 15.7. The molecule has 0 amide bonds. The third-order valence-electron chi connectivity index (χ3n) is 3.98. The Morgan fingerprint density at radius 1 is 1.27 bits per heavy atom. The van der Waals surface area contributed by atoms with E-state index in [4.69, 9.17) is 4.74 Å². The van der Waals surface area contributed by atoms with Crippen molar-refractivity contribution in [3.8, 4) is 11.5 Å². The maximum Gasteiger partial charge on any atom is 0.146 e. The van der Waals surface area contributed by atoms with Gasteiger partial charge >= 0.3 is 0 Å². The van der Waals surface area contributed by atoms with Gasteiger partial charge in [-0.3, -0.25) is 0 Å². The van der Waals surface area contributed by atoms with Crippen LogP contribution < -0.4 is 9.64 Å². The fraction of sp³-hybridized carbons (Fsp3) is 0.333. The highest BCUT2D eigenvalue weighted by Gasteiger charge is 2.28. The fourth-order valence-corrected chi connectivity index (χ4v) is 2.87. The van der Waals surface area contributed by atoms with Gasteiger partial charge < -0.3 is 14.7 Å². The predicted octanol–water partition coefficient (Wildman–Crippen LogP) is 3.75. The molecule has 3 nitrogen and oxygen atoms in total. The molecule has 1 aliphatic rings. The average Bonchev–Trinajstić information content (AvgIpc) is 2.48. The summed E-state index contributed by atoms with van der Waals surface area (Å²) in [5.74, 6) is 0.624. The summed E-state index contributed by atoms with van der Waals surface area (Å²) >= 11 is 0. The van der Waals surface area contributed by atoms with Gasteiger partial charge in [-0.25, -0.2) is 4.39 Å². The number of phenolic OH excluding ortho intramolecular Hbond substituents is 1. The lowest BCUT2D eigenvalue weighted by Crippen LogP contribution is -2.44. The number of rotatable bonds is 3. The summed E-state index contributed by atoms with van der Waals surface area (Å²) in [5.41, 5.74) is 1.62. The molecule has 0 aromatic heterocycles. The van der Waals surface area contributed by atoms with Gasteiger partial charge in [0.05, 0.1) is 12.2 Å². The first-order valence-corrected chi connectivity index (χ1v) is 7.54. The van der Waals surface area contributed by atoms with Gasteiger partial charge in [-0.2, -0.15) is 0 Å². The average molecular weight is 301 g/mol. The van der Waals surface area contributed by atoms with Gasteiger partial charge in [-0.05, 0) is 37.6 Å². The van der Waals surface area contributed by atoms with Crippen LogP contribution in [0, 0.1) is 5.82 Å². The second kappa shape index (κ2) is 5.87. The highest BCUT2D eigenvalue weighted by atomic mass is 19.1. The minimum Gasteiger partial charge on any atom is -0.508 e. The molecule has 116 valence electrons. The predicted molar refractivity (Wildman–Crippen MR) is 85.1 cm³/mol. The quantitative estimate of drug-likeness (QED) is 0.937. The Morgan fingerprint density at radius 2 is 2.05 bits per heavy atom. The Balaban J connectivity index is 1.88. The molecule has 1 N–H and O–H groups in total. The maximum absolute atomic E-state index is 13.9. The summed E-state index contributed by atoms with van der Waals surface area (Å²) < 4.78 is 19.8. The van der Waals surface area contributed by atoms with E-state index in [0.29, 0.717) is 30.3 Å². The summed E-state index contributed by atoms with van der Waals surface area (Å²) in [5, 5.41) is 9.67. The molecule has 3 rings (SSSR count). The minimum atomic E-state index is -0.205. The van der Waals surface area contributed by atoms with Crippen molar-refractivity contribution in [2.45, 2.75) is 32.4 Å². The number of hydrogen-bond donors (Lipinski definition) is 1. The number of benzene rings is 2. The van der Waals surface area contributed by atoms with Crippen LogP contribution in [0.3, 0.4) is 0 Å². The number of phenols is 1. The van der Waals surface area contributed by atoms with Crippen LogP contribution in [0.1, 0.15) is 19.4 Å². The smallest absolute Gasteiger partial charge is 0.146 e. The normalized spacial score (nSPS) is 17.3. The van der Waals surface area contributed by atoms with Gasteiger partial charge in [0.15, 0.2) is 0 Å². The van der Waals surface area contributed by atoms with E-state index in [1.54, 1.807) is 24.3 Å². The summed E-state index contributed by atoms with van der Waals surface area (Å²) in [6, 6.07) is 12.2. The van der Waals surface area contributed by atoms with Crippen molar-refractivity contribution in [2.75, 3.05) is 11.4 Å². The Hall–Kier alpha value is -2.23. The lowest BCUT2D eigenvalue weighted by Gasteiger charge is -2.39. The molecule has 1 heterocycles. The summed E-state index contributed by atoms with van der Waals surface area (Å²) in [4.78, 5) is 2.23. The first-order valence-electron chi connectivity index (χ1n) is 7.54. The SMILES string of the molecule is CC(C)N1CC(Cc2ccccc2F)Oc2cc(O)ccc21. The number of hydrogen-bond acceptors (Lipinski definition) is 3. The largest absolute Gasteiger partial charge is 0.508 e. The number of halogens is 1. The molecule has 0 bridgehead atoms. The summed E-state index contributed by atoms with van der Waals surface area (Å²) in [6.45, 7) is 4.92. The van der Waals surface area contributed by atoms with E-state index in [9.17, 15) is 9.50 Å². The molecular weight excluding hydrogens is 281 g/mol. The number of ether oxygens (including phenoxy) is 1. The van der Waals surface area contributed by atoms with E-state index in [-0.39, 0.29) is 17.7 Å². The Bertz CT molecular complexity index is 672. The third-order valence-corrected chi connectivity index (χ3v) is 3.98. The molecule has 0 aliphatic carbocycles. The number of fused-ring (bicyclic) bond motifs is 1. The van der Waals surface area contributed by atoms with Crippen LogP contribution in [0.4, 0.5) is 10.1 Å². The molecule has 2 aromatic rings. The fourth-order valence-electron chi connectivity index (χ4n) is 2.87. The topological polar surface area (TPSA) is 32.7 Å². The molecular formula is C18H20FNO2. The lowest BCUT2D eigenvalue weighted by molar-refractivity contribution is 0.188. The maximum atomic E-state index is 13.9. The zero-order valence-corrected chi connectivity index (χ0v) is 12.8. The molecule has 4 heteroatoms. The molecule has 1 aliphatic heterocycles. The molecule has 22 heavy (non-hydrogen) atoms. The molecule has 0 fully saturated rings. The van der Waals surface area contributed by atoms with E-state index in [0.717, 1.165) is 5.69 Å². The second-order valence-corrected chi connectivity index (χ2v) is 5.93. The van der Waals surface area contributed by atoms with Crippen molar-refractivity contribution < 1.29 is 14.2 Å². The molecule has 1 unspecified atom stereocenters. The van der Waals surface area contributed by atoms with E-state index in [2.05, 4.69) is 18.7 Å². The van der Waals surface area contributed by atoms with Crippen LogP contribution >= 0.6 is 0 Å². The molecule has 0 radical (unpaired) electrons. The van der Waals surface area contributed by atoms with Gasteiger partial charge in [0.1, 0.15) is 23.4 Å². The van der Waals surface area contributed by atoms with E-state index in [1.807, 2.05) is 12.1 Å². The highest BCUT2D eigenvalue weighted by molar-refractivity contribution is 5.63. The Labute approximate surface area is 130 Å². The van der Waals surface area contributed by atoms with Gasteiger partial charge in [0.25, 0.3) is 0 Å². The standard InChI is InChI=1S/C18H20FNO2/c1-12(2)20-11-15(9-13-5-3-4-6-16(13)19)22-18-10-14(21)7-8-17(18)20/h3-8,10,12,15,21H,9,11H2,1-2H3. The van der Waals surface area contributed by atoms with Crippen molar-refractivity contribution in [3.63, 3.8) is 0 Å². The van der Waals surface area contributed by atoms with Gasteiger partial charge in [-0.15, -0.1) is 0 Å². The third kappa shape index (κ3) is 2.86. The number of nitrogens with zero attached hydrogens (tertiary/aromatic N) is 1. The Morgan fingerprint density at radius 3 is 2.77 bits per heavy atom. The summed E-state index contributed by atoms with van der Waals surface area (Å²) in [6.07, 6.45) is 0.360. The van der Waals surface area contributed by atoms with E-state index < -0.39 is 0 Å².